The number of benzene rings is 1. The summed E-state index contributed by atoms with van der Waals surface area (Å²) in [6, 6.07) is 3.01. The SMILES string of the molecule is NC1CCC2(CC1)Cc1ccc(F)c(F)c1O2. The monoisotopic (exact) mass is 239 g/mol. The van der Waals surface area contributed by atoms with Gasteiger partial charge in [0.25, 0.3) is 0 Å². The Morgan fingerprint density at radius 2 is 1.94 bits per heavy atom. The molecule has 3 rings (SSSR count). The van der Waals surface area contributed by atoms with E-state index in [0.717, 1.165) is 31.2 Å². The molecular formula is C13H15F2NO. The summed E-state index contributed by atoms with van der Waals surface area (Å²) in [5.41, 5.74) is 6.29. The zero-order valence-electron chi connectivity index (χ0n) is 9.51. The van der Waals surface area contributed by atoms with Gasteiger partial charge in [-0.3, -0.25) is 0 Å². The molecule has 0 saturated heterocycles. The minimum atomic E-state index is -0.853. The lowest BCUT2D eigenvalue weighted by atomic mass is 9.80. The molecular weight excluding hydrogens is 224 g/mol. The van der Waals surface area contributed by atoms with E-state index >= 15 is 0 Å². The van der Waals surface area contributed by atoms with Gasteiger partial charge in [0.1, 0.15) is 5.60 Å². The van der Waals surface area contributed by atoms with E-state index in [1.165, 1.54) is 6.07 Å². The molecule has 0 amide bonds. The van der Waals surface area contributed by atoms with Gasteiger partial charge < -0.3 is 10.5 Å². The van der Waals surface area contributed by atoms with Crippen LogP contribution in [0.25, 0.3) is 0 Å². The van der Waals surface area contributed by atoms with Crippen molar-refractivity contribution in [1.29, 1.82) is 0 Å². The molecule has 1 aromatic rings. The minimum absolute atomic E-state index is 0.112. The zero-order valence-corrected chi connectivity index (χ0v) is 9.51. The zero-order chi connectivity index (χ0) is 12.0. The van der Waals surface area contributed by atoms with E-state index in [0.29, 0.717) is 6.42 Å². The van der Waals surface area contributed by atoms with Crippen LogP contribution in [0.1, 0.15) is 31.2 Å². The van der Waals surface area contributed by atoms with Crippen LogP contribution in [0.3, 0.4) is 0 Å². The van der Waals surface area contributed by atoms with Gasteiger partial charge in [-0.2, -0.15) is 4.39 Å². The third-order valence-corrected chi connectivity index (χ3v) is 3.90. The van der Waals surface area contributed by atoms with Crippen molar-refractivity contribution < 1.29 is 13.5 Å². The molecule has 0 aromatic heterocycles. The molecule has 1 spiro atoms. The van der Waals surface area contributed by atoms with Crippen molar-refractivity contribution in [2.75, 3.05) is 0 Å². The molecule has 1 aliphatic heterocycles. The van der Waals surface area contributed by atoms with E-state index in [4.69, 9.17) is 10.5 Å². The quantitative estimate of drug-likeness (QED) is 0.755. The summed E-state index contributed by atoms with van der Waals surface area (Å²) in [6.45, 7) is 0. The molecule has 1 fully saturated rings. The maximum Gasteiger partial charge on any atom is 0.200 e. The summed E-state index contributed by atoms with van der Waals surface area (Å²) in [6.07, 6.45) is 4.09. The topological polar surface area (TPSA) is 35.2 Å². The smallest absolute Gasteiger partial charge is 0.200 e. The molecule has 2 nitrogen and oxygen atoms in total. The fourth-order valence-corrected chi connectivity index (χ4v) is 2.87. The Bertz CT molecular complexity index is 453. The van der Waals surface area contributed by atoms with Gasteiger partial charge in [-0.1, -0.05) is 6.07 Å². The molecule has 2 N–H and O–H groups in total. The Labute approximate surface area is 98.8 Å². The molecule has 17 heavy (non-hydrogen) atoms. The first kappa shape index (κ1) is 11.0. The highest BCUT2D eigenvalue weighted by Gasteiger charge is 2.43. The van der Waals surface area contributed by atoms with Gasteiger partial charge >= 0.3 is 0 Å². The van der Waals surface area contributed by atoms with Crippen molar-refractivity contribution in [1.82, 2.24) is 0 Å². The number of nitrogens with two attached hydrogens (primary N) is 1. The summed E-state index contributed by atoms with van der Waals surface area (Å²) < 4.78 is 32.4. The van der Waals surface area contributed by atoms with Crippen molar-refractivity contribution in [3.8, 4) is 5.75 Å². The first-order valence-electron chi connectivity index (χ1n) is 6.01. The number of hydrogen-bond acceptors (Lipinski definition) is 2. The van der Waals surface area contributed by atoms with E-state index < -0.39 is 11.6 Å². The Hall–Kier alpha value is -1.16. The lowest BCUT2D eigenvalue weighted by Gasteiger charge is -2.35. The van der Waals surface area contributed by atoms with Crippen molar-refractivity contribution >= 4 is 0 Å². The van der Waals surface area contributed by atoms with Crippen LogP contribution in [0, 0.1) is 11.6 Å². The summed E-state index contributed by atoms with van der Waals surface area (Å²) in [5.74, 6) is -1.58. The standard InChI is InChI=1S/C13H15F2NO/c14-10-2-1-8-7-13(17-12(8)11(10)15)5-3-9(16)4-6-13/h1-2,9H,3-7,16H2. The first-order chi connectivity index (χ1) is 8.10. The highest BCUT2D eigenvalue weighted by atomic mass is 19.2. The number of halogens is 2. The van der Waals surface area contributed by atoms with Crippen molar-refractivity contribution in [3.63, 3.8) is 0 Å². The van der Waals surface area contributed by atoms with E-state index in [1.54, 1.807) is 6.07 Å². The predicted octanol–water partition coefficient (Wildman–Crippen LogP) is 2.54. The maximum atomic E-state index is 13.6. The molecule has 0 atom stereocenters. The second kappa shape index (κ2) is 3.67. The van der Waals surface area contributed by atoms with Gasteiger partial charge in [0, 0.05) is 18.0 Å². The van der Waals surface area contributed by atoms with Gasteiger partial charge in [-0.05, 0) is 31.7 Å². The van der Waals surface area contributed by atoms with Crippen molar-refractivity contribution in [2.45, 2.75) is 43.7 Å². The molecule has 1 heterocycles. The fraction of sp³-hybridized carbons (Fsp3) is 0.538. The van der Waals surface area contributed by atoms with E-state index in [-0.39, 0.29) is 17.4 Å². The molecule has 4 heteroatoms. The van der Waals surface area contributed by atoms with Gasteiger partial charge in [0.05, 0.1) is 0 Å². The average Bonchev–Trinajstić information content (AvgIpc) is 2.68. The normalized spacial score (nSPS) is 31.4. The van der Waals surface area contributed by atoms with Gasteiger partial charge in [-0.25, -0.2) is 4.39 Å². The largest absolute Gasteiger partial charge is 0.483 e. The minimum Gasteiger partial charge on any atom is -0.483 e. The Morgan fingerprint density at radius 1 is 1.24 bits per heavy atom. The third-order valence-electron chi connectivity index (χ3n) is 3.90. The van der Waals surface area contributed by atoms with Crippen LogP contribution in [0.2, 0.25) is 0 Å². The summed E-state index contributed by atoms with van der Waals surface area (Å²) in [7, 11) is 0. The number of hydrogen-bond donors (Lipinski definition) is 1. The van der Waals surface area contributed by atoms with Crippen LogP contribution in [0.15, 0.2) is 12.1 Å². The van der Waals surface area contributed by atoms with E-state index in [1.807, 2.05) is 0 Å². The van der Waals surface area contributed by atoms with Gasteiger partial charge in [-0.15, -0.1) is 0 Å². The van der Waals surface area contributed by atoms with Crippen LogP contribution < -0.4 is 10.5 Å². The third kappa shape index (κ3) is 1.71. The Kier molecular flexibility index (Phi) is 2.36. The maximum absolute atomic E-state index is 13.6. The lowest BCUT2D eigenvalue weighted by Crippen LogP contribution is -2.42. The Morgan fingerprint density at radius 3 is 2.65 bits per heavy atom. The first-order valence-corrected chi connectivity index (χ1v) is 6.01. The molecule has 0 unspecified atom stereocenters. The molecule has 0 radical (unpaired) electrons. The Balaban J connectivity index is 1.90. The van der Waals surface area contributed by atoms with Crippen LogP contribution in [-0.4, -0.2) is 11.6 Å². The molecule has 0 bridgehead atoms. The number of rotatable bonds is 0. The highest BCUT2D eigenvalue weighted by Crippen LogP contribution is 2.44. The van der Waals surface area contributed by atoms with Crippen LogP contribution >= 0.6 is 0 Å². The average molecular weight is 239 g/mol. The fourth-order valence-electron chi connectivity index (χ4n) is 2.87. The summed E-state index contributed by atoms with van der Waals surface area (Å²) >= 11 is 0. The van der Waals surface area contributed by atoms with Gasteiger partial charge in [0.2, 0.25) is 5.82 Å². The molecule has 1 aliphatic carbocycles. The van der Waals surface area contributed by atoms with Crippen LogP contribution in [0.5, 0.6) is 5.75 Å². The summed E-state index contributed by atoms with van der Waals surface area (Å²) in [5, 5.41) is 0. The van der Waals surface area contributed by atoms with Crippen molar-refractivity contribution in [3.05, 3.63) is 29.3 Å². The number of ether oxygens (including phenoxy) is 1. The van der Waals surface area contributed by atoms with Crippen LogP contribution in [0.4, 0.5) is 8.78 Å². The molecule has 2 aliphatic rings. The number of fused-ring (bicyclic) bond motifs is 1. The molecule has 1 aromatic carbocycles. The molecule has 92 valence electrons. The second-order valence-corrected chi connectivity index (χ2v) is 5.15. The highest BCUT2D eigenvalue weighted by molar-refractivity contribution is 5.41. The van der Waals surface area contributed by atoms with Gasteiger partial charge in [0.15, 0.2) is 11.6 Å². The predicted molar refractivity (Wildman–Crippen MR) is 59.9 cm³/mol. The van der Waals surface area contributed by atoms with Crippen molar-refractivity contribution in [2.24, 2.45) is 5.73 Å². The van der Waals surface area contributed by atoms with Crippen LogP contribution in [-0.2, 0) is 6.42 Å². The van der Waals surface area contributed by atoms with E-state index in [2.05, 4.69) is 0 Å². The summed E-state index contributed by atoms with van der Waals surface area (Å²) in [4.78, 5) is 0. The van der Waals surface area contributed by atoms with E-state index in [9.17, 15) is 8.78 Å². The molecule has 1 saturated carbocycles. The second-order valence-electron chi connectivity index (χ2n) is 5.15. The lowest BCUT2D eigenvalue weighted by molar-refractivity contribution is 0.0440.